The number of likely N-dealkylation sites (tertiary alicyclic amines) is 1. The van der Waals surface area contributed by atoms with Gasteiger partial charge in [-0.2, -0.15) is 0 Å². The number of amides is 3. The van der Waals surface area contributed by atoms with Gasteiger partial charge in [0.2, 0.25) is 5.91 Å². The van der Waals surface area contributed by atoms with Crippen LogP contribution in [-0.2, 0) is 14.4 Å². The summed E-state index contributed by atoms with van der Waals surface area (Å²) in [6.45, 7) is 6.05. The van der Waals surface area contributed by atoms with E-state index in [2.05, 4.69) is 0 Å². The number of carbonyl (C=O) groups is 3. The molecule has 1 aliphatic rings. The van der Waals surface area contributed by atoms with Crippen molar-refractivity contribution in [2.24, 2.45) is 11.7 Å². The van der Waals surface area contributed by atoms with E-state index in [9.17, 15) is 14.4 Å². The first-order chi connectivity index (χ1) is 9.51. The van der Waals surface area contributed by atoms with E-state index >= 15 is 0 Å². The van der Waals surface area contributed by atoms with Gasteiger partial charge in [0.25, 0.3) is 0 Å². The maximum atomic E-state index is 12.2. The number of nitrogens with two attached hydrogens (primary N) is 1. The molecule has 0 saturated carbocycles. The molecule has 0 aliphatic carbocycles. The minimum absolute atomic E-state index is 0.170. The lowest BCUT2D eigenvalue weighted by molar-refractivity contribution is -0.153. The van der Waals surface area contributed by atoms with Crippen molar-refractivity contribution in [1.82, 2.24) is 9.80 Å². The van der Waals surface area contributed by atoms with Gasteiger partial charge in [-0.05, 0) is 25.7 Å². The maximum Gasteiger partial charge on any atom is 0.312 e. The molecule has 3 amide bonds. The highest BCUT2D eigenvalue weighted by atomic mass is 16.2. The van der Waals surface area contributed by atoms with E-state index in [1.54, 1.807) is 9.80 Å². The molecule has 1 heterocycles. The lowest BCUT2D eigenvalue weighted by atomic mass is 9.96. The molecule has 0 atom stereocenters. The van der Waals surface area contributed by atoms with Crippen LogP contribution in [0.2, 0.25) is 0 Å². The lowest BCUT2D eigenvalue weighted by Gasteiger charge is -2.31. The SMILES string of the molecule is CCCN(CCC)C(=O)C(=O)N1CCC(C(N)=O)CC1. The highest BCUT2D eigenvalue weighted by Gasteiger charge is 2.31. The number of hydrogen-bond donors (Lipinski definition) is 1. The molecular weight excluding hydrogens is 258 g/mol. The molecule has 0 unspecified atom stereocenters. The van der Waals surface area contributed by atoms with Crippen molar-refractivity contribution in [2.45, 2.75) is 39.5 Å². The van der Waals surface area contributed by atoms with Crippen LogP contribution in [0.25, 0.3) is 0 Å². The minimum Gasteiger partial charge on any atom is -0.369 e. The molecule has 0 radical (unpaired) electrons. The zero-order valence-corrected chi connectivity index (χ0v) is 12.4. The first-order valence-corrected chi connectivity index (χ1v) is 7.38. The van der Waals surface area contributed by atoms with Gasteiger partial charge in [-0.1, -0.05) is 13.8 Å². The third-order valence-corrected chi connectivity index (χ3v) is 3.64. The second-order valence-corrected chi connectivity index (χ2v) is 5.26. The lowest BCUT2D eigenvalue weighted by Crippen LogP contribution is -2.49. The molecule has 20 heavy (non-hydrogen) atoms. The van der Waals surface area contributed by atoms with E-state index in [0.717, 1.165) is 12.8 Å². The van der Waals surface area contributed by atoms with Gasteiger partial charge in [-0.25, -0.2) is 0 Å². The molecular formula is C14H25N3O3. The summed E-state index contributed by atoms with van der Waals surface area (Å²) in [4.78, 5) is 38.6. The molecule has 1 aliphatic heterocycles. The fraction of sp³-hybridized carbons (Fsp3) is 0.786. The molecule has 0 aromatic carbocycles. The predicted molar refractivity (Wildman–Crippen MR) is 75.7 cm³/mol. The smallest absolute Gasteiger partial charge is 0.312 e. The summed E-state index contributed by atoms with van der Waals surface area (Å²) in [5.74, 6) is -1.36. The Morgan fingerprint density at radius 3 is 2.00 bits per heavy atom. The first-order valence-electron chi connectivity index (χ1n) is 7.38. The van der Waals surface area contributed by atoms with Gasteiger partial charge in [0.15, 0.2) is 0 Å². The summed E-state index contributed by atoms with van der Waals surface area (Å²) < 4.78 is 0. The number of carbonyl (C=O) groups excluding carboxylic acids is 3. The van der Waals surface area contributed by atoms with Crippen molar-refractivity contribution in [3.8, 4) is 0 Å². The quantitative estimate of drug-likeness (QED) is 0.739. The second kappa shape index (κ2) is 7.87. The molecule has 6 heteroatoms. The fourth-order valence-corrected chi connectivity index (χ4v) is 2.49. The number of hydrogen-bond acceptors (Lipinski definition) is 3. The van der Waals surface area contributed by atoms with Crippen LogP contribution in [0, 0.1) is 5.92 Å². The molecule has 1 rings (SSSR count). The number of piperidine rings is 1. The highest BCUT2D eigenvalue weighted by Crippen LogP contribution is 2.17. The Morgan fingerprint density at radius 2 is 1.60 bits per heavy atom. The highest BCUT2D eigenvalue weighted by molar-refractivity contribution is 6.34. The first kappa shape index (κ1) is 16.5. The number of rotatable bonds is 5. The molecule has 1 saturated heterocycles. The Balaban J connectivity index is 2.56. The molecule has 0 aromatic heterocycles. The predicted octanol–water partition coefficient (Wildman–Crippen LogP) is 0.359. The van der Waals surface area contributed by atoms with Gasteiger partial charge < -0.3 is 15.5 Å². The molecule has 0 bridgehead atoms. The summed E-state index contributed by atoms with van der Waals surface area (Å²) in [6.07, 6.45) is 2.78. The average molecular weight is 283 g/mol. The van der Waals surface area contributed by atoms with Crippen LogP contribution in [0.1, 0.15) is 39.5 Å². The van der Waals surface area contributed by atoms with Crippen molar-refractivity contribution in [3.63, 3.8) is 0 Å². The van der Waals surface area contributed by atoms with Gasteiger partial charge in [0.05, 0.1) is 0 Å². The van der Waals surface area contributed by atoms with Crippen molar-refractivity contribution in [3.05, 3.63) is 0 Å². The van der Waals surface area contributed by atoms with Gasteiger partial charge in [0.1, 0.15) is 0 Å². The summed E-state index contributed by atoms with van der Waals surface area (Å²) in [5.41, 5.74) is 5.26. The van der Waals surface area contributed by atoms with E-state index < -0.39 is 11.8 Å². The summed E-state index contributed by atoms with van der Waals surface area (Å²) in [7, 11) is 0. The second-order valence-electron chi connectivity index (χ2n) is 5.26. The van der Waals surface area contributed by atoms with Crippen LogP contribution < -0.4 is 5.73 Å². The van der Waals surface area contributed by atoms with E-state index in [0.29, 0.717) is 39.0 Å². The van der Waals surface area contributed by atoms with Crippen LogP contribution in [0.5, 0.6) is 0 Å². The fourth-order valence-electron chi connectivity index (χ4n) is 2.49. The zero-order valence-electron chi connectivity index (χ0n) is 12.4. The molecule has 114 valence electrons. The monoisotopic (exact) mass is 283 g/mol. The molecule has 0 aromatic rings. The number of primary amides is 1. The Labute approximate surface area is 120 Å². The van der Waals surface area contributed by atoms with Crippen LogP contribution in [0.4, 0.5) is 0 Å². The summed E-state index contributed by atoms with van der Waals surface area (Å²) in [6, 6.07) is 0. The zero-order chi connectivity index (χ0) is 15.1. The Bertz CT molecular complexity index is 357. The summed E-state index contributed by atoms with van der Waals surface area (Å²) >= 11 is 0. The maximum absolute atomic E-state index is 12.2. The van der Waals surface area contributed by atoms with Crippen molar-refractivity contribution in [2.75, 3.05) is 26.2 Å². The Morgan fingerprint density at radius 1 is 1.10 bits per heavy atom. The molecule has 0 spiro atoms. The van der Waals surface area contributed by atoms with Gasteiger partial charge in [-0.15, -0.1) is 0 Å². The third-order valence-electron chi connectivity index (χ3n) is 3.64. The Kier molecular flexibility index (Phi) is 6.48. The van der Waals surface area contributed by atoms with Crippen LogP contribution in [0.15, 0.2) is 0 Å². The number of nitrogens with zero attached hydrogens (tertiary/aromatic N) is 2. The van der Waals surface area contributed by atoms with Gasteiger partial charge in [0, 0.05) is 32.1 Å². The third kappa shape index (κ3) is 4.21. The van der Waals surface area contributed by atoms with E-state index in [4.69, 9.17) is 5.73 Å². The average Bonchev–Trinajstić information content (AvgIpc) is 2.45. The van der Waals surface area contributed by atoms with Gasteiger partial charge in [-0.3, -0.25) is 14.4 Å². The van der Waals surface area contributed by atoms with Crippen LogP contribution in [-0.4, -0.2) is 53.7 Å². The normalized spacial score (nSPS) is 16.0. The van der Waals surface area contributed by atoms with Crippen molar-refractivity contribution in [1.29, 1.82) is 0 Å². The van der Waals surface area contributed by atoms with Crippen molar-refractivity contribution < 1.29 is 14.4 Å². The largest absolute Gasteiger partial charge is 0.369 e. The van der Waals surface area contributed by atoms with E-state index in [-0.39, 0.29) is 11.8 Å². The van der Waals surface area contributed by atoms with E-state index in [1.165, 1.54) is 0 Å². The van der Waals surface area contributed by atoms with Crippen LogP contribution in [0.3, 0.4) is 0 Å². The topological polar surface area (TPSA) is 83.7 Å². The molecule has 1 fully saturated rings. The van der Waals surface area contributed by atoms with Crippen molar-refractivity contribution >= 4 is 17.7 Å². The molecule has 6 nitrogen and oxygen atoms in total. The standard InChI is InChI=1S/C14H25N3O3/c1-3-7-16(8-4-2)13(19)14(20)17-9-5-11(6-10-17)12(15)18/h11H,3-10H2,1-2H3,(H2,15,18). The van der Waals surface area contributed by atoms with Gasteiger partial charge >= 0.3 is 11.8 Å². The minimum atomic E-state index is -0.449. The summed E-state index contributed by atoms with van der Waals surface area (Å²) in [5, 5.41) is 0. The Hall–Kier alpha value is -1.59. The van der Waals surface area contributed by atoms with Crippen LogP contribution >= 0.6 is 0 Å². The molecule has 2 N–H and O–H groups in total. The van der Waals surface area contributed by atoms with E-state index in [1.807, 2.05) is 13.8 Å².